The zero-order valence-electron chi connectivity index (χ0n) is 17.2. The first-order valence-corrected chi connectivity index (χ1v) is 10.9. The summed E-state index contributed by atoms with van der Waals surface area (Å²) in [7, 11) is 0. The normalized spacial score (nSPS) is 29.0. The number of carbonyl (C=O) groups excluding carboxylic acids is 1. The van der Waals surface area contributed by atoms with Gasteiger partial charge >= 0.3 is 0 Å². The molecular weight excluding hydrogens is 366 g/mol. The van der Waals surface area contributed by atoms with Gasteiger partial charge < -0.3 is 15.0 Å². The zero-order valence-corrected chi connectivity index (χ0v) is 17.2. The van der Waals surface area contributed by atoms with Crippen molar-refractivity contribution in [1.82, 2.24) is 15.2 Å². The van der Waals surface area contributed by atoms with E-state index in [9.17, 15) is 10.1 Å². The molecule has 7 nitrogen and oxygen atoms in total. The number of amides is 1. The van der Waals surface area contributed by atoms with Gasteiger partial charge in [-0.1, -0.05) is 6.42 Å². The van der Waals surface area contributed by atoms with Crippen LogP contribution in [-0.4, -0.2) is 67.3 Å². The number of nitriles is 1. The van der Waals surface area contributed by atoms with Crippen LogP contribution in [0, 0.1) is 23.2 Å². The van der Waals surface area contributed by atoms with Crippen molar-refractivity contribution in [1.29, 1.82) is 5.26 Å². The Morgan fingerprint density at radius 2 is 2.24 bits per heavy atom. The van der Waals surface area contributed by atoms with Crippen LogP contribution < -0.4 is 10.2 Å². The summed E-state index contributed by atoms with van der Waals surface area (Å²) in [6, 6.07) is 6.82. The molecule has 1 aromatic rings. The van der Waals surface area contributed by atoms with Crippen molar-refractivity contribution in [2.24, 2.45) is 11.8 Å². The standard InChI is InChI=1S/C22H31N5O2/c1-2-29-15-22(28)25-12-20-18-10-17(19-5-3-4-8-27(19)20)13-26(14-18)21-9-16(11-23)6-7-24-21/h6-7,9,17-20H,2-5,8,10,12-15H2,1H3,(H,25,28)/t17-,18+,19+,20+/m1/s1. The molecule has 0 radical (unpaired) electrons. The minimum Gasteiger partial charge on any atom is -0.372 e. The van der Waals surface area contributed by atoms with Gasteiger partial charge in [-0.05, 0) is 56.7 Å². The van der Waals surface area contributed by atoms with E-state index < -0.39 is 0 Å². The van der Waals surface area contributed by atoms with Crippen LogP contribution >= 0.6 is 0 Å². The molecule has 0 saturated carbocycles. The summed E-state index contributed by atoms with van der Waals surface area (Å²) in [5, 5.41) is 12.4. The van der Waals surface area contributed by atoms with Crippen molar-refractivity contribution in [2.45, 2.75) is 44.7 Å². The summed E-state index contributed by atoms with van der Waals surface area (Å²) >= 11 is 0. The minimum absolute atomic E-state index is 0.0291. The molecule has 156 valence electrons. The number of hydrogen-bond acceptors (Lipinski definition) is 6. The Morgan fingerprint density at radius 1 is 1.38 bits per heavy atom. The van der Waals surface area contributed by atoms with Gasteiger partial charge in [-0.25, -0.2) is 4.98 Å². The summed E-state index contributed by atoms with van der Waals surface area (Å²) in [6.45, 7) is 6.33. The van der Waals surface area contributed by atoms with Crippen LogP contribution in [0.5, 0.6) is 0 Å². The van der Waals surface area contributed by atoms with Gasteiger partial charge in [0.25, 0.3) is 0 Å². The SMILES string of the molecule is CCOCC(=O)NC[C@H]1[C@H]2C[C@H](CN(c3cc(C#N)ccn3)C2)[C@@H]2CCCCN21. The predicted molar refractivity (Wildman–Crippen MR) is 110 cm³/mol. The lowest BCUT2D eigenvalue weighted by molar-refractivity contribution is -0.126. The maximum atomic E-state index is 12.1. The highest BCUT2D eigenvalue weighted by Gasteiger charge is 2.47. The van der Waals surface area contributed by atoms with Gasteiger partial charge in [-0.15, -0.1) is 0 Å². The second-order valence-corrected chi connectivity index (χ2v) is 8.48. The van der Waals surface area contributed by atoms with Gasteiger partial charge in [0.2, 0.25) is 5.91 Å². The van der Waals surface area contributed by atoms with E-state index in [1.54, 1.807) is 12.3 Å². The molecular formula is C22H31N5O2. The maximum Gasteiger partial charge on any atom is 0.246 e. The minimum atomic E-state index is -0.0291. The molecule has 4 rings (SSSR count). The molecule has 3 fully saturated rings. The molecule has 1 amide bonds. The largest absolute Gasteiger partial charge is 0.372 e. The Balaban J connectivity index is 1.50. The van der Waals surface area contributed by atoms with Crippen molar-refractivity contribution in [3.05, 3.63) is 23.9 Å². The van der Waals surface area contributed by atoms with Crippen LogP contribution in [0.2, 0.25) is 0 Å². The lowest BCUT2D eigenvalue weighted by Crippen LogP contribution is -2.66. The topological polar surface area (TPSA) is 81.5 Å². The summed E-state index contributed by atoms with van der Waals surface area (Å²) < 4.78 is 5.25. The predicted octanol–water partition coefficient (Wildman–Crippen LogP) is 1.79. The maximum absolute atomic E-state index is 12.1. The molecule has 0 aromatic carbocycles. The van der Waals surface area contributed by atoms with Gasteiger partial charge in [0, 0.05) is 44.5 Å². The molecule has 0 spiro atoms. The van der Waals surface area contributed by atoms with Crippen LogP contribution in [0.15, 0.2) is 18.3 Å². The Hall–Kier alpha value is -2.17. The molecule has 29 heavy (non-hydrogen) atoms. The van der Waals surface area contributed by atoms with E-state index in [2.05, 4.69) is 26.2 Å². The fourth-order valence-electron chi connectivity index (χ4n) is 5.50. The van der Waals surface area contributed by atoms with E-state index >= 15 is 0 Å². The molecule has 4 heterocycles. The molecule has 7 heteroatoms. The Labute approximate surface area is 173 Å². The number of nitrogens with zero attached hydrogens (tertiary/aromatic N) is 4. The second kappa shape index (κ2) is 9.10. The first-order chi connectivity index (χ1) is 14.2. The average molecular weight is 398 g/mol. The highest BCUT2D eigenvalue weighted by Crippen LogP contribution is 2.41. The van der Waals surface area contributed by atoms with Crippen LogP contribution in [0.4, 0.5) is 5.82 Å². The van der Waals surface area contributed by atoms with Crippen molar-refractivity contribution in [3.63, 3.8) is 0 Å². The van der Waals surface area contributed by atoms with Gasteiger partial charge in [-0.3, -0.25) is 9.69 Å². The first-order valence-electron chi connectivity index (χ1n) is 10.9. The number of anilines is 1. The third kappa shape index (κ3) is 4.39. The highest BCUT2D eigenvalue weighted by atomic mass is 16.5. The third-order valence-electron chi connectivity index (χ3n) is 6.77. The Kier molecular flexibility index (Phi) is 6.31. The molecule has 2 bridgehead atoms. The Morgan fingerprint density at radius 3 is 3.07 bits per heavy atom. The number of piperidine rings is 3. The lowest BCUT2D eigenvalue weighted by Gasteiger charge is -2.57. The van der Waals surface area contributed by atoms with E-state index in [4.69, 9.17) is 4.74 Å². The lowest BCUT2D eigenvalue weighted by atomic mass is 9.72. The third-order valence-corrected chi connectivity index (χ3v) is 6.77. The van der Waals surface area contributed by atoms with Crippen LogP contribution in [0.25, 0.3) is 0 Å². The van der Waals surface area contributed by atoms with Gasteiger partial charge in [0.05, 0.1) is 11.6 Å². The summed E-state index contributed by atoms with van der Waals surface area (Å²) in [4.78, 5) is 21.7. The molecule has 0 unspecified atom stereocenters. The smallest absolute Gasteiger partial charge is 0.246 e. The summed E-state index contributed by atoms with van der Waals surface area (Å²) in [5.74, 6) is 1.99. The van der Waals surface area contributed by atoms with Crippen molar-refractivity contribution >= 4 is 11.7 Å². The number of ether oxygens (including phenoxy) is 1. The monoisotopic (exact) mass is 397 g/mol. The van der Waals surface area contributed by atoms with Crippen LogP contribution in [0.1, 0.15) is 38.2 Å². The molecule has 3 aliphatic rings. The molecule has 3 aliphatic heterocycles. The van der Waals surface area contributed by atoms with E-state index in [1.165, 1.54) is 25.7 Å². The number of pyridine rings is 1. The molecule has 0 aliphatic carbocycles. The number of hydrogen-bond donors (Lipinski definition) is 1. The molecule has 3 saturated heterocycles. The zero-order chi connectivity index (χ0) is 20.2. The van der Waals surface area contributed by atoms with Gasteiger partial charge in [-0.2, -0.15) is 5.26 Å². The first kappa shape index (κ1) is 20.1. The van der Waals surface area contributed by atoms with Gasteiger partial charge in [0.1, 0.15) is 12.4 Å². The van der Waals surface area contributed by atoms with Crippen LogP contribution in [-0.2, 0) is 9.53 Å². The number of rotatable bonds is 6. The van der Waals surface area contributed by atoms with Crippen molar-refractivity contribution < 1.29 is 9.53 Å². The van der Waals surface area contributed by atoms with Crippen molar-refractivity contribution in [2.75, 3.05) is 44.3 Å². The molecule has 1 aromatic heterocycles. The second-order valence-electron chi connectivity index (χ2n) is 8.48. The number of fused-ring (bicyclic) bond motifs is 4. The van der Waals surface area contributed by atoms with E-state index in [0.29, 0.717) is 42.6 Å². The number of nitrogens with one attached hydrogen (secondary N) is 1. The summed E-state index contributed by atoms with van der Waals surface area (Å²) in [6.07, 6.45) is 6.71. The highest BCUT2D eigenvalue weighted by molar-refractivity contribution is 5.77. The fraction of sp³-hybridized carbons (Fsp3) is 0.682. The number of aromatic nitrogens is 1. The van der Waals surface area contributed by atoms with Crippen LogP contribution in [0.3, 0.4) is 0 Å². The quantitative estimate of drug-likeness (QED) is 0.788. The number of carbonyl (C=O) groups is 1. The molecule has 4 atom stereocenters. The van der Waals surface area contributed by atoms with E-state index in [0.717, 1.165) is 25.5 Å². The molecule has 1 N–H and O–H groups in total. The fourth-order valence-corrected chi connectivity index (χ4v) is 5.50. The van der Waals surface area contributed by atoms with E-state index in [-0.39, 0.29) is 12.5 Å². The Bertz CT molecular complexity index is 764. The van der Waals surface area contributed by atoms with Gasteiger partial charge in [0.15, 0.2) is 0 Å². The van der Waals surface area contributed by atoms with E-state index in [1.807, 2.05) is 13.0 Å². The average Bonchev–Trinajstić information content (AvgIpc) is 2.77. The van der Waals surface area contributed by atoms with Crippen molar-refractivity contribution in [3.8, 4) is 6.07 Å². The summed E-state index contributed by atoms with van der Waals surface area (Å²) in [5.41, 5.74) is 0.657.